The van der Waals surface area contributed by atoms with Gasteiger partial charge < -0.3 is 4.74 Å². The maximum absolute atomic E-state index is 12.4. The van der Waals surface area contributed by atoms with Crippen LogP contribution in [0.5, 0.6) is 0 Å². The SMILES string of the molecule is O=C(C1=CCCCO1)c1nc2ccccc2cc1Br. The van der Waals surface area contributed by atoms with Crippen LogP contribution in [0.25, 0.3) is 10.9 Å². The summed E-state index contributed by atoms with van der Waals surface area (Å²) in [5, 5.41) is 1.00. The fraction of sp³-hybridized carbons (Fsp3) is 0.200. The van der Waals surface area contributed by atoms with Crippen LogP contribution in [0.4, 0.5) is 0 Å². The zero-order valence-electron chi connectivity index (χ0n) is 10.2. The Kier molecular flexibility index (Phi) is 3.34. The van der Waals surface area contributed by atoms with E-state index in [9.17, 15) is 4.79 Å². The number of fused-ring (bicyclic) bond motifs is 1. The molecule has 0 radical (unpaired) electrons. The summed E-state index contributed by atoms with van der Waals surface area (Å²) in [6, 6.07) is 9.64. The third-order valence-corrected chi connectivity index (χ3v) is 3.66. The molecular weight excluding hydrogens is 306 g/mol. The molecule has 3 rings (SSSR count). The van der Waals surface area contributed by atoms with Crippen molar-refractivity contribution in [2.45, 2.75) is 12.8 Å². The average molecular weight is 318 g/mol. The summed E-state index contributed by atoms with van der Waals surface area (Å²) in [4.78, 5) is 16.8. The first kappa shape index (κ1) is 12.4. The van der Waals surface area contributed by atoms with Crippen molar-refractivity contribution in [3.05, 3.63) is 52.3 Å². The van der Waals surface area contributed by atoms with Crippen molar-refractivity contribution in [2.24, 2.45) is 0 Å². The fourth-order valence-corrected chi connectivity index (χ4v) is 2.60. The van der Waals surface area contributed by atoms with Crippen LogP contribution in [0.1, 0.15) is 23.3 Å². The molecule has 0 N–H and O–H groups in total. The van der Waals surface area contributed by atoms with Gasteiger partial charge in [-0.1, -0.05) is 18.2 Å². The van der Waals surface area contributed by atoms with E-state index in [0.29, 0.717) is 22.5 Å². The molecule has 0 atom stereocenters. The van der Waals surface area contributed by atoms with Crippen molar-refractivity contribution in [3.8, 4) is 0 Å². The van der Waals surface area contributed by atoms with Crippen molar-refractivity contribution in [1.29, 1.82) is 0 Å². The Balaban J connectivity index is 2.06. The number of hydrogen-bond acceptors (Lipinski definition) is 3. The third-order valence-electron chi connectivity index (χ3n) is 3.05. The summed E-state index contributed by atoms with van der Waals surface area (Å²) in [5.74, 6) is 0.257. The Labute approximate surface area is 119 Å². The molecular formula is C15H12BrNO2. The van der Waals surface area contributed by atoms with Crippen LogP contribution in [-0.2, 0) is 4.74 Å². The van der Waals surface area contributed by atoms with E-state index in [4.69, 9.17) is 4.74 Å². The summed E-state index contributed by atoms with van der Waals surface area (Å²) in [7, 11) is 0. The quantitative estimate of drug-likeness (QED) is 0.789. The Morgan fingerprint density at radius 3 is 2.95 bits per heavy atom. The van der Waals surface area contributed by atoms with Gasteiger partial charge >= 0.3 is 0 Å². The lowest BCUT2D eigenvalue weighted by atomic mass is 10.1. The second-order valence-electron chi connectivity index (χ2n) is 4.40. The molecule has 0 saturated heterocycles. The third kappa shape index (κ3) is 2.40. The van der Waals surface area contributed by atoms with E-state index in [1.165, 1.54) is 0 Å². The van der Waals surface area contributed by atoms with Crippen LogP contribution >= 0.6 is 15.9 Å². The van der Waals surface area contributed by atoms with Crippen molar-refractivity contribution in [3.63, 3.8) is 0 Å². The topological polar surface area (TPSA) is 39.2 Å². The van der Waals surface area contributed by atoms with Crippen LogP contribution < -0.4 is 0 Å². The summed E-state index contributed by atoms with van der Waals surface area (Å²) in [6.07, 6.45) is 3.69. The van der Waals surface area contributed by atoms with Gasteiger partial charge in [0.25, 0.3) is 0 Å². The number of ether oxygens (including phenoxy) is 1. The molecule has 0 spiro atoms. The molecule has 2 aromatic rings. The van der Waals surface area contributed by atoms with Crippen LogP contribution in [0.2, 0.25) is 0 Å². The average Bonchev–Trinajstić information content (AvgIpc) is 2.47. The van der Waals surface area contributed by atoms with Gasteiger partial charge in [-0.05, 0) is 47.0 Å². The van der Waals surface area contributed by atoms with Crippen LogP contribution in [0.15, 0.2) is 46.6 Å². The largest absolute Gasteiger partial charge is 0.490 e. The predicted molar refractivity (Wildman–Crippen MR) is 77.0 cm³/mol. The highest BCUT2D eigenvalue weighted by Crippen LogP contribution is 2.24. The molecule has 0 bridgehead atoms. The van der Waals surface area contributed by atoms with Crippen molar-refractivity contribution < 1.29 is 9.53 Å². The van der Waals surface area contributed by atoms with Gasteiger partial charge in [0.05, 0.1) is 12.1 Å². The molecule has 0 fully saturated rings. The van der Waals surface area contributed by atoms with E-state index in [0.717, 1.165) is 23.7 Å². The number of rotatable bonds is 2. The Bertz CT molecular complexity index is 679. The minimum atomic E-state index is -0.155. The highest BCUT2D eigenvalue weighted by atomic mass is 79.9. The minimum absolute atomic E-state index is 0.155. The van der Waals surface area contributed by atoms with Gasteiger partial charge in [-0.2, -0.15) is 0 Å². The fourth-order valence-electron chi connectivity index (χ4n) is 2.08. The van der Waals surface area contributed by atoms with Gasteiger partial charge in [-0.25, -0.2) is 4.98 Å². The molecule has 1 aliphatic rings. The normalized spacial score (nSPS) is 14.9. The number of aromatic nitrogens is 1. The van der Waals surface area contributed by atoms with Crippen molar-refractivity contribution >= 4 is 32.6 Å². The van der Waals surface area contributed by atoms with Crippen LogP contribution in [0, 0.1) is 0 Å². The molecule has 0 amide bonds. The van der Waals surface area contributed by atoms with Gasteiger partial charge in [-0.15, -0.1) is 0 Å². The van der Waals surface area contributed by atoms with E-state index in [2.05, 4.69) is 20.9 Å². The number of hydrogen-bond donors (Lipinski definition) is 0. The number of Topliss-reactive ketones (excluding diaryl/α,β-unsaturated/α-hetero) is 1. The van der Waals surface area contributed by atoms with Crippen molar-refractivity contribution in [2.75, 3.05) is 6.61 Å². The summed E-state index contributed by atoms with van der Waals surface area (Å²) < 4.78 is 6.11. The first-order chi connectivity index (χ1) is 9.25. The van der Waals surface area contributed by atoms with E-state index in [1.807, 2.05) is 36.4 Å². The first-order valence-corrected chi connectivity index (χ1v) is 6.98. The second kappa shape index (κ2) is 5.13. The van der Waals surface area contributed by atoms with Gasteiger partial charge in [0.1, 0.15) is 5.69 Å². The standard InChI is InChI=1S/C15H12BrNO2/c16-11-9-10-5-1-2-6-12(10)17-14(11)15(18)13-7-3-4-8-19-13/h1-2,5-7,9H,3-4,8H2. The maximum atomic E-state index is 12.4. The van der Waals surface area contributed by atoms with E-state index < -0.39 is 0 Å². The molecule has 1 aromatic carbocycles. The molecule has 4 heteroatoms. The molecule has 1 aliphatic heterocycles. The zero-order valence-corrected chi connectivity index (χ0v) is 11.8. The molecule has 2 heterocycles. The van der Waals surface area contributed by atoms with Gasteiger partial charge in [-0.3, -0.25) is 4.79 Å². The summed E-state index contributed by atoms with van der Waals surface area (Å²) in [6.45, 7) is 0.600. The molecule has 1 aromatic heterocycles. The number of halogens is 1. The molecule has 19 heavy (non-hydrogen) atoms. The molecule has 0 unspecified atom stereocenters. The lowest BCUT2D eigenvalue weighted by Gasteiger charge is -2.14. The molecule has 0 saturated carbocycles. The molecule has 96 valence electrons. The highest BCUT2D eigenvalue weighted by molar-refractivity contribution is 9.10. The zero-order chi connectivity index (χ0) is 13.2. The Hall–Kier alpha value is -1.68. The number of carbonyl (C=O) groups is 1. The Morgan fingerprint density at radius 1 is 1.32 bits per heavy atom. The smallest absolute Gasteiger partial charge is 0.246 e. The number of allylic oxidation sites excluding steroid dienone is 2. The summed E-state index contributed by atoms with van der Waals surface area (Å²) >= 11 is 3.42. The first-order valence-electron chi connectivity index (χ1n) is 6.18. The predicted octanol–water partition coefficient (Wildman–Crippen LogP) is 3.87. The highest BCUT2D eigenvalue weighted by Gasteiger charge is 2.20. The lowest BCUT2D eigenvalue weighted by Crippen LogP contribution is -2.13. The maximum Gasteiger partial charge on any atom is 0.246 e. The second-order valence-corrected chi connectivity index (χ2v) is 5.25. The van der Waals surface area contributed by atoms with E-state index in [-0.39, 0.29) is 5.78 Å². The number of nitrogens with zero attached hydrogens (tertiary/aromatic N) is 1. The van der Waals surface area contributed by atoms with Crippen molar-refractivity contribution in [1.82, 2.24) is 4.98 Å². The Morgan fingerprint density at radius 2 is 2.16 bits per heavy atom. The van der Waals surface area contributed by atoms with Gasteiger partial charge in [0.15, 0.2) is 5.76 Å². The monoisotopic (exact) mass is 317 g/mol. The number of benzene rings is 1. The van der Waals surface area contributed by atoms with E-state index >= 15 is 0 Å². The van der Waals surface area contributed by atoms with E-state index in [1.54, 1.807) is 0 Å². The molecule has 0 aliphatic carbocycles. The minimum Gasteiger partial charge on any atom is -0.490 e. The number of ketones is 1. The van der Waals surface area contributed by atoms with Gasteiger partial charge in [0, 0.05) is 9.86 Å². The molecule has 3 nitrogen and oxygen atoms in total. The number of para-hydroxylation sites is 1. The van der Waals surface area contributed by atoms with Gasteiger partial charge in [0.2, 0.25) is 5.78 Å². The van der Waals surface area contributed by atoms with Crippen LogP contribution in [0.3, 0.4) is 0 Å². The number of pyridine rings is 1. The number of carbonyl (C=O) groups excluding carboxylic acids is 1. The summed E-state index contributed by atoms with van der Waals surface area (Å²) in [5.41, 5.74) is 1.22. The lowest BCUT2D eigenvalue weighted by molar-refractivity contribution is 0.0894. The van der Waals surface area contributed by atoms with Crippen LogP contribution in [-0.4, -0.2) is 17.4 Å².